The summed E-state index contributed by atoms with van der Waals surface area (Å²) in [5.74, 6) is 0.498. The van der Waals surface area contributed by atoms with Gasteiger partial charge in [-0.2, -0.15) is 0 Å². The van der Waals surface area contributed by atoms with E-state index in [-0.39, 0.29) is 12.3 Å². The maximum Gasteiger partial charge on any atom is 0.224 e. The van der Waals surface area contributed by atoms with Crippen LogP contribution in [0.3, 0.4) is 0 Å². The van der Waals surface area contributed by atoms with Gasteiger partial charge in [0.25, 0.3) is 0 Å². The van der Waals surface area contributed by atoms with Crippen molar-refractivity contribution in [3.63, 3.8) is 0 Å². The molecule has 0 saturated carbocycles. The summed E-state index contributed by atoms with van der Waals surface area (Å²) in [5, 5.41) is 3.86. The van der Waals surface area contributed by atoms with Crippen molar-refractivity contribution < 1.29 is 23.4 Å². The summed E-state index contributed by atoms with van der Waals surface area (Å²) in [7, 11) is 3.20. The lowest BCUT2D eigenvalue weighted by Crippen LogP contribution is -2.14. The first-order valence-corrected chi connectivity index (χ1v) is 11.0. The highest BCUT2D eigenvalue weighted by Gasteiger charge is 2.16. The van der Waals surface area contributed by atoms with E-state index >= 15 is 0 Å². The minimum Gasteiger partial charge on any atom is -0.497 e. The lowest BCUT2D eigenvalue weighted by Gasteiger charge is -2.13. The van der Waals surface area contributed by atoms with Crippen LogP contribution in [0.15, 0.2) is 66.7 Å². The van der Waals surface area contributed by atoms with Crippen LogP contribution in [0.4, 0.5) is 10.1 Å². The van der Waals surface area contributed by atoms with Gasteiger partial charge in [0, 0.05) is 36.2 Å². The molecule has 0 spiro atoms. The van der Waals surface area contributed by atoms with Gasteiger partial charge >= 0.3 is 0 Å². The molecule has 0 aliphatic carbocycles. The Kier molecular flexibility index (Phi) is 7.44. The number of hydrogen-bond acceptors (Lipinski definition) is 4. The van der Waals surface area contributed by atoms with Crippen LogP contribution in [-0.4, -0.2) is 38.3 Å². The number of H-pyrrole nitrogens is 1. The fraction of sp³-hybridized carbons (Fsp3) is 0.222. The van der Waals surface area contributed by atoms with E-state index < -0.39 is 5.82 Å². The highest BCUT2D eigenvalue weighted by Crippen LogP contribution is 2.32. The number of benzene rings is 3. The van der Waals surface area contributed by atoms with Crippen molar-refractivity contribution in [2.75, 3.05) is 32.8 Å². The molecule has 176 valence electrons. The second-order valence-electron chi connectivity index (χ2n) is 7.78. The van der Waals surface area contributed by atoms with E-state index in [2.05, 4.69) is 10.3 Å². The summed E-state index contributed by atoms with van der Waals surface area (Å²) < 4.78 is 29.7. The topological polar surface area (TPSA) is 72.6 Å². The zero-order chi connectivity index (χ0) is 23.9. The van der Waals surface area contributed by atoms with Crippen molar-refractivity contribution in [3.05, 3.63) is 78.1 Å². The average Bonchev–Trinajstić information content (AvgIpc) is 3.23. The van der Waals surface area contributed by atoms with E-state index in [1.165, 1.54) is 18.2 Å². The normalized spacial score (nSPS) is 10.9. The Labute approximate surface area is 197 Å². The van der Waals surface area contributed by atoms with E-state index in [1.54, 1.807) is 14.2 Å². The monoisotopic (exact) mass is 462 g/mol. The molecule has 0 aliphatic heterocycles. The first-order chi connectivity index (χ1) is 16.6. The van der Waals surface area contributed by atoms with Gasteiger partial charge in [-0.05, 0) is 60.0 Å². The van der Waals surface area contributed by atoms with E-state index in [4.69, 9.17) is 14.2 Å². The molecule has 0 bridgehead atoms. The Hall–Kier alpha value is -3.84. The molecule has 0 atom stereocenters. The molecule has 7 heteroatoms. The highest BCUT2D eigenvalue weighted by molar-refractivity contribution is 5.94. The first kappa shape index (κ1) is 23.3. The Morgan fingerprint density at radius 1 is 1.00 bits per heavy atom. The number of amides is 1. The molecule has 34 heavy (non-hydrogen) atoms. The molecule has 3 aromatic carbocycles. The van der Waals surface area contributed by atoms with Gasteiger partial charge in [-0.3, -0.25) is 4.79 Å². The number of para-hydroxylation sites is 1. The number of carbonyl (C=O) groups is 1. The number of aromatic amines is 1. The minimum atomic E-state index is -0.451. The summed E-state index contributed by atoms with van der Waals surface area (Å²) in [6.07, 6.45) is 0.728. The lowest BCUT2D eigenvalue weighted by molar-refractivity contribution is -0.116. The van der Waals surface area contributed by atoms with E-state index in [1.807, 2.05) is 48.5 Å². The van der Waals surface area contributed by atoms with Crippen molar-refractivity contribution in [1.82, 2.24) is 4.98 Å². The number of methoxy groups -OCH3 is 2. The summed E-state index contributed by atoms with van der Waals surface area (Å²) in [5.41, 5.74) is 4.32. The number of rotatable bonds is 10. The van der Waals surface area contributed by atoms with Crippen molar-refractivity contribution in [1.29, 1.82) is 0 Å². The fourth-order valence-electron chi connectivity index (χ4n) is 3.88. The van der Waals surface area contributed by atoms with E-state index in [0.29, 0.717) is 31.1 Å². The third-order valence-electron chi connectivity index (χ3n) is 5.56. The molecule has 0 aliphatic rings. The SMILES string of the molecule is COCCOc1ccc(F)cc1NC(=O)CCc1c(-c2ccc(OC)cc2)[nH]c2ccccc12. The number of halogens is 1. The molecule has 1 aromatic heterocycles. The quantitative estimate of drug-likeness (QED) is 0.302. The van der Waals surface area contributed by atoms with E-state index in [0.717, 1.165) is 33.5 Å². The molecule has 4 aromatic rings. The first-order valence-electron chi connectivity index (χ1n) is 11.0. The molecular formula is C27H27FN2O4. The molecule has 0 fully saturated rings. The predicted octanol–water partition coefficient (Wildman–Crippen LogP) is 5.58. The number of aryl methyl sites for hydroxylation is 1. The molecule has 0 radical (unpaired) electrons. The fourth-order valence-corrected chi connectivity index (χ4v) is 3.88. The molecular weight excluding hydrogens is 435 g/mol. The lowest BCUT2D eigenvalue weighted by atomic mass is 10.0. The number of ether oxygens (including phenoxy) is 3. The van der Waals surface area contributed by atoms with Gasteiger partial charge in [0.15, 0.2) is 0 Å². The second-order valence-corrected chi connectivity index (χ2v) is 7.78. The Balaban J connectivity index is 1.53. The van der Waals surface area contributed by atoms with Crippen LogP contribution < -0.4 is 14.8 Å². The molecule has 1 amide bonds. The smallest absolute Gasteiger partial charge is 0.224 e. The summed E-state index contributed by atoms with van der Waals surface area (Å²) in [4.78, 5) is 16.3. The molecule has 1 heterocycles. The van der Waals surface area contributed by atoms with Crippen LogP contribution >= 0.6 is 0 Å². The molecule has 6 nitrogen and oxygen atoms in total. The molecule has 2 N–H and O–H groups in total. The summed E-state index contributed by atoms with van der Waals surface area (Å²) in [6, 6.07) is 19.9. The van der Waals surface area contributed by atoms with Gasteiger partial charge < -0.3 is 24.5 Å². The number of anilines is 1. The van der Waals surface area contributed by atoms with Crippen molar-refractivity contribution in [2.45, 2.75) is 12.8 Å². The zero-order valence-electron chi connectivity index (χ0n) is 19.2. The number of carbonyl (C=O) groups excluding carboxylic acids is 1. The highest BCUT2D eigenvalue weighted by atomic mass is 19.1. The molecule has 0 saturated heterocycles. The third-order valence-corrected chi connectivity index (χ3v) is 5.56. The van der Waals surface area contributed by atoms with Crippen LogP contribution in [0.1, 0.15) is 12.0 Å². The van der Waals surface area contributed by atoms with Crippen molar-refractivity contribution >= 4 is 22.5 Å². The number of nitrogens with one attached hydrogen (secondary N) is 2. The van der Waals surface area contributed by atoms with Gasteiger partial charge in [-0.15, -0.1) is 0 Å². The average molecular weight is 463 g/mol. The second kappa shape index (κ2) is 10.9. The minimum absolute atomic E-state index is 0.221. The van der Waals surface area contributed by atoms with Crippen LogP contribution in [0.2, 0.25) is 0 Å². The Morgan fingerprint density at radius 3 is 2.56 bits per heavy atom. The third kappa shape index (κ3) is 5.38. The van der Waals surface area contributed by atoms with Crippen molar-refractivity contribution in [2.24, 2.45) is 0 Å². The van der Waals surface area contributed by atoms with Crippen LogP contribution in [0.25, 0.3) is 22.2 Å². The molecule has 0 unspecified atom stereocenters. The zero-order valence-corrected chi connectivity index (χ0v) is 19.2. The standard InChI is InChI=1S/C27H27FN2O4/c1-32-15-16-34-25-13-9-19(28)17-24(25)29-26(31)14-12-22-21-5-3-4-6-23(21)30-27(22)18-7-10-20(33-2)11-8-18/h3-11,13,17,30H,12,14-16H2,1-2H3,(H,29,31). The van der Waals surface area contributed by atoms with Gasteiger partial charge in [0.05, 0.1) is 19.4 Å². The Morgan fingerprint density at radius 2 is 1.79 bits per heavy atom. The maximum absolute atomic E-state index is 13.8. The summed E-state index contributed by atoms with van der Waals surface area (Å²) in [6.45, 7) is 0.686. The number of hydrogen-bond donors (Lipinski definition) is 2. The van der Waals surface area contributed by atoms with Crippen LogP contribution in [0, 0.1) is 5.82 Å². The number of fused-ring (bicyclic) bond motifs is 1. The van der Waals surface area contributed by atoms with Gasteiger partial charge in [0.2, 0.25) is 5.91 Å². The molecule has 4 rings (SSSR count). The predicted molar refractivity (Wildman–Crippen MR) is 131 cm³/mol. The largest absolute Gasteiger partial charge is 0.497 e. The van der Waals surface area contributed by atoms with E-state index in [9.17, 15) is 9.18 Å². The van der Waals surface area contributed by atoms with Gasteiger partial charge in [-0.1, -0.05) is 18.2 Å². The van der Waals surface area contributed by atoms with Crippen LogP contribution in [-0.2, 0) is 16.0 Å². The maximum atomic E-state index is 13.8. The van der Waals surface area contributed by atoms with Crippen molar-refractivity contribution in [3.8, 4) is 22.8 Å². The Bertz CT molecular complexity index is 1270. The van der Waals surface area contributed by atoms with Gasteiger partial charge in [-0.25, -0.2) is 4.39 Å². The number of aromatic nitrogens is 1. The summed E-state index contributed by atoms with van der Waals surface area (Å²) >= 11 is 0. The van der Waals surface area contributed by atoms with Crippen LogP contribution in [0.5, 0.6) is 11.5 Å². The van der Waals surface area contributed by atoms with Gasteiger partial charge in [0.1, 0.15) is 23.9 Å².